The Hall–Kier alpha value is -5.68. The summed E-state index contributed by atoms with van der Waals surface area (Å²) in [7, 11) is -8.94. The smallest absolute Gasteiger partial charge is 0.333 e. The molecular formula is C43H48N3O11S2+. The van der Waals surface area contributed by atoms with Crippen molar-refractivity contribution in [3.63, 3.8) is 0 Å². The Morgan fingerprint density at radius 1 is 0.915 bits per heavy atom. The summed E-state index contributed by atoms with van der Waals surface area (Å²) >= 11 is 0. The highest BCUT2D eigenvalue weighted by atomic mass is 32.2. The Kier molecular flexibility index (Phi) is 12.6. The van der Waals surface area contributed by atoms with Crippen LogP contribution in [0.1, 0.15) is 63.1 Å². The van der Waals surface area contributed by atoms with Gasteiger partial charge in [0, 0.05) is 64.7 Å². The van der Waals surface area contributed by atoms with Gasteiger partial charge in [-0.05, 0) is 88.4 Å². The highest BCUT2D eigenvalue weighted by Crippen LogP contribution is 2.51. The lowest BCUT2D eigenvalue weighted by atomic mass is 9.77. The molecule has 3 aromatic rings. The quantitative estimate of drug-likeness (QED) is 0.0668. The van der Waals surface area contributed by atoms with Crippen LogP contribution in [0.25, 0.3) is 28.7 Å². The lowest BCUT2D eigenvalue weighted by Gasteiger charge is -2.30. The second kappa shape index (κ2) is 17.3. The molecule has 0 amide bonds. The number of benzene rings is 3. The van der Waals surface area contributed by atoms with Crippen molar-refractivity contribution in [2.45, 2.75) is 63.7 Å². The number of hydrogen-bond donors (Lipinski definition) is 4. The molecule has 0 fully saturated rings. The summed E-state index contributed by atoms with van der Waals surface area (Å²) in [5, 5.41) is 20.9. The molecule has 2 aliphatic heterocycles. The van der Waals surface area contributed by atoms with Crippen molar-refractivity contribution in [1.29, 1.82) is 0 Å². The third kappa shape index (κ3) is 9.31. The van der Waals surface area contributed by atoms with Gasteiger partial charge in [0.2, 0.25) is 17.1 Å². The van der Waals surface area contributed by atoms with Gasteiger partial charge in [-0.25, -0.2) is 9.37 Å². The van der Waals surface area contributed by atoms with Crippen LogP contribution in [0.2, 0.25) is 0 Å². The normalized spacial score (nSPS) is 16.3. The van der Waals surface area contributed by atoms with E-state index in [-0.39, 0.29) is 37.1 Å². The molecule has 0 bridgehead atoms. The molecule has 0 spiro atoms. The monoisotopic (exact) mass is 846 g/mol. The predicted octanol–water partition coefficient (Wildman–Crippen LogP) is 6.41. The minimum Gasteiger partial charge on any atom is -0.492 e. The van der Waals surface area contributed by atoms with Gasteiger partial charge in [0.25, 0.3) is 20.2 Å². The Bertz CT molecular complexity index is 2670. The third-order valence-corrected chi connectivity index (χ3v) is 12.4. The number of aromatic nitrogens is 1. The van der Waals surface area contributed by atoms with E-state index in [0.29, 0.717) is 33.2 Å². The molecule has 3 aliphatic rings. The van der Waals surface area contributed by atoms with E-state index in [2.05, 4.69) is 24.5 Å². The Balaban J connectivity index is 1.47. The molecule has 4 N–H and O–H groups in total. The molecule has 1 aromatic heterocycles. The van der Waals surface area contributed by atoms with Gasteiger partial charge in [-0.2, -0.15) is 16.8 Å². The average molecular weight is 847 g/mol. The molecule has 14 nitrogen and oxygen atoms in total. The maximum atomic E-state index is 12.9. The first-order chi connectivity index (χ1) is 27.9. The number of anilines is 1. The maximum Gasteiger partial charge on any atom is 0.333 e. The van der Waals surface area contributed by atoms with E-state index < -0.39 is 49.1 Å². The van der Waals surface area contributed by atoms with Gasteiger partial charge in [-0.15, -0.1) is 4.73 Å². The van der Waals surface area contributed by atoms with E-state index in [1.165, 1.54) is 18.2 Å². The zero-order chi connectivity index (χ0) is 42.7. The van der Waals surface area contributed by atoms with Crippen molar-refractivity contribution >= 4 is 38.0 Å². The van der Waals surface area contributed by atoms with E-state index in [1.807, 2.05) is 79.4 Å². The minimum absolute atomic E-state index is 0.0187. The van der Waals surface area contributed by atoms with Crippen LogP contribution in [0.3, 0.4) is 0 Å². The van der Waals surface area contributed by atoms with Crippen LogP contribution in [0.4, 0.5) is 5.69 Å². The molecule has 0 saturated carbocycles. The molecule has 59 heavy (non-hydrogen) atoms. The standard InChI is InChI=1S/C43H47N3O11S2/c1-5-44(6-2)31-18-20-34-33(29(3)42(56-37(34)27-31)30-13-8-7-9-14-30)15-10-16-38-43(4,24-11-17-41(49)57-46-39(47)22-23-40(46)48)35-28-32(59(53,54)55)19-21-36(35)45(38)25-12-26-58(50,51)52/h7-10,13-16,18-23,27-28H,5-6,11-12,17,24-26H2,1-4H3,(H3-,47,48,50,51,52,53,54,55)/p+1. The van der Waals surface area contributed by atoms with E-state index in [1.54, 1.807) is 0 Å². The summed E-state index contributed by atoms with van der Waals surface area (Å²) in [5.41, 5.74) is 4.20. The molecule has 16 heteroatoms. The largest absolute Gasteiger partial charge is 0.492 e. The summed E-state index contributed by atoms with van der Waals surface area (Å²) in [5.74, 6) is -0.855. The number of fused-ring (bicyclic) bond motifs is 2. The highest BCUT2D eigenvalue weighted by Gasteiger charge is 2.43. The first-order valence-electron chi connectivity index (χ1n) is 19.2. The van der Waals surface area contributed by atoms with Crippen LogP contribution in [0.5, 0.6) is 11.8 Å². The summed E-state index contributed by atoms with van der Waals surface area (Å²) in [6.45, 7) is 9.77. The molecule has 312 valence electrons. The van der Waals surface area contributed by atoms with Crippen LogP contribution < -0.4 is 19.7 Å². The van der Waals surface area contributed by atoms with E-state index >= 15 is 0 Å². The van der Waals surface area contributed by atoms with Crippen molar-refractivity contribution in [1.82, 2.24) is 9.31 Å². The first-order valence-corrected chi connectivity index (χ1v) is 22.2. The fourth-order valence-corrected chi connectivity index (χ4v) is 8.76. The molecule has 0 saturated heterocycles. The van der Waals surface area contributed by atoms with Crippen molar-refractivity contribution in [3.05, 3.63) is 119 Å². The molecule has 3 heterocycles. The van der Waals surface area contributed by atoms with E-state index in [4.69, 9.17) is 9.25 Å². The molecule has 2 aromatic carbocycles. The van der Waals surface area contributed by atoms with Gasteiger partial charge in [0.1, 0.15) is 24.6 Å². The Morgan fingerprint density at radius 2 is 1.61 bits per heavy atom. The topological polar surface area (TPSA) is 200 Å². The number of rotatable bonds is 15. The number of nitrogens with zero attached hydrogens (tertiary/aromatic N) is 3. The number of carbonyl (C=O) groups is 1. The highest BCUT2D eigenvalue weighted by molar-refractivity contribution is 7.86. The predicted molar refractivity (Wildman–Crippen MR) is 224 cm³/mol. The van der Waals surface area contributed by atoms with Crippen molar-refractivity contribution in [2.75, 3.05) is 30.3 Å². The van der Waals surface area contributed by atoms with Crippen molar-refractivity contribution < 1.29 is 50.2 Å². The van der Waals surface area contributed by atoms with Gasteiger partial charge >= 0.3 is 5.97 Å². The molecule has 0 radical (unpaired) electrons. The van der Waals surface area contributed by atoms with Crippen molar-refractivity contribution in [2.24, 2.45) is 0 Å². The zero-order valence-corrected chi connectivity index (χ0v) is 34.8. The van der Waals surface area contributed by atoms with Crippen LogP contribution in [0, 0.1) is 6.92 Å². The van der Waals surface area contributed by atoms with Gasteiger partial charge in [-0.3, -0.25) is 9.11 Å². The zero-order valence-electron chi connectivity index (χ0n) is 33.2. The van der Waals surface area contributed by atoms with E-state index in [9.17, 15) is 40.9 Å². The summed E-state index contributed by atoms with van der Waals surface area (Å²) < 4.78 is 77.4. The first kappa shape index (κ1) is 42.9. The summed E-state index contributed by atoms with van der Waals surface area (Å²) in [4.78, 5) is 19.6. The van der Waals surface area contributed by atoms with Crippen LogP contribution >= 0.6 is 0 Å². The SMILES string of the molecule is CC[N+](CC)=c1ccc2c(/C=C/C=C3\N(CCCS(=O)(=O)O)c4ccc(S(=O)(=O)O)cc4C3(C)CCCC(=O)On3c(O)ccc3O)c(C)c(-c3ccccc3)oc-2c1. The van der Waals surface area contributed by atoms with Gasteiger partial charge in [-0.1, -0.05) is 42.5 Å². The van der Waals surface area contributed by atoms with E-state index in [0.717, 1.165) is 52.8 Å². The fraction of sp³-hybridized carbons (Fsp3) is 0.302. The molecular weight excluding hydrogens is 799 g/mol. The van der Waals surface area contributed by atoms with Crippen LogP contribution in [0.15, 0.2) is 106 Å². The third-order valence-electron chi connectivity index (χ3n) is 10.7. The van der Waals surface area contributed by atoms with Gasteiger partial charge in [0.15, 0.2) is 0 Å². The average Bonchev–Trinajstić information content (AvgIpc) is 3.62. The maximum absolute atomic E-state index is 12.9. The number of aromatic hydroxyl groups is 2. The Labute approximate surface area is 343 Å². The molecule has 1 aliphatic carbocycles. The number of carbonyl (C=O) groups excluding carboxylic acids is 1. The molecule has 6 rings (SSSR count). The summed E-state index contributed by atoms with van der Waals surface area (Å²) in [6, 6.07) is 22.4. The lowest BCUT2D eigenvalue weighted by molar-refractivity contribution is -0.145. The molecule has 1 unspecified atom stereocenters. The summed E-state index contributed by atoms with van der Waals surface area (Å²) in [6.07, 6.45) is 5.96. The number of hydrogen-bond acceptors (Lipinski definition) is 10. The Morgan fingerprint density at radius 3 is 2.25 bits per heavy atom. The number of allylic oxidation sites excluding steroid dienone is 3. The fourth-order valence-electron chi connectivity index (χ4n) is 7.76. The minimum atomic E-state index is -4.64. The lowest BCUT2D eigenvalue weighted by Crippen LogP contribution is -2.30. The second-order valence-corrected chi connectivity index (χ2v) is 17.5. The van der Waals surface area contributed by atoms with Gasteiger partial charge in [0.05, 0.1) is 16.7 Å². The van der Waals surface area contributed by atoms with Crippen LogP contribution in [-0.4, -0.2) is 72.2 Å². The van der Waals surface area contributed by atoms with Crippen LogP contribution in [-0.2, 0) is 30.4 Å². The van der Waals surface area contributed by atoms with Gasteiger partial charge < -0.3 is 24.4 Å². The molecule has 1 atom stereocenters. The van der Waals surface area contributed by atoms with Crippen molar-refractivity contribution in [3.8, 4) is 34.4 Å². The second-order valence-electron chi connectivity index (χ2n) is 14.5.